The number of hydrogen-bond acceptors (Lipinski definition) is 2. The summed E-state index contributed by atoms with van der Waals surface area (Å²) in [5.74, 6) is 0.854. The highest BCUT2D eigenvalue weighted by molar-refractivity contribution is 9.10. The van der Waals surface area contributed by atoms with E-state index in [0.29, 0.717) is 13.0 Å². The van der Waals surface area contributed by atoms with Crippen LogP contribution in [0.2, 0.25) is 0 Å². The maximum atomic E-state index is 12.7. The van der Waals surface area contributed by atoms with Gasteiger partial charge in [0.05, 0.1) is 23.5 Å². The highest BCUT2D eigenvalue weighted by atomic mass is 79.9. The van der Waals surface area contributed by atoms with Crippen molar-refractivity contribution in [3.63, 3.8) is 0 Å². The van der Waals surface area contributed by atoms with Crippen LogP contribution in [0.15, 0.2) is 77.3 Å². The number of hydrogen-bond donors (Lipinski definition) is 1. The molecule has 5 heteroatoms. The summed E-state index contributed by atoms with van der Waals surface area (Å²) in [6.45, 7) is 4.71. The van der Waals surface area contributed by atoms with Gasteiger partial charge >= 0.3 is 0 Å². The first-order valence-electron chi connectivity index (χ1n) is 10.0. The van der Waals surface area contributed by atoms with E-state index >= 15 is 0 Å². The van der Waals surface area contributed by atoms with Crippen molar-refractivity contribution < 1.29 is 4.79 Å². The maximum absolute atomic E-state index is 12.7. The molecule has 0 radical (unpaired) electrons. The number of aryl methyl sites for hydroxylation is 1. The molecule has 0 fully saturated rings. The van der Waals surface area contributed by atoms with Crippen LogP contribution in [0.3, 0.4) is 0 Å². The summed E-state index contributed by atoms with van der Waals surface area (Å²) in [4.78, 5) is 17.6. The zero-order valence-electron chi connectivity index (χ0n) is 17.1. The van der Waals surface area contributed by atoms with Gasteiger partial charge in [-0.2, -0.15) is 0 Å². The first-order chi connectivity index (χ1) is 14.5. The maximum Gasteiger partial charge on any atom is 0.225 e. The second-order valence-corrected chi connectivity index (χ2v) is 8.48. The van der Waals surface area contributed by atoms with Crippen LogP contribution in [0.1, 0.15) is 35.5 Å². The lowest BCUT2D eigenvalue weighted by atomic mass is 10.1. The first kappa shape index (κ1) is 20.4. The van der Waals surface area contributed by atoms with Crippen LogP contribution in [-0.4, -0.2) is 15.5 Å². The van der Waals surface area contributed by atoms with E-state index in [1.165, 1.54) is 5.56 Å². The Hall–Kier alpha value is -2.92. The Labute approximate surface area is 185 Å². The fourth-order valence-electron chi connectivity index (χ4n) is 3.75. The largest absolute Gasteiger partial charge is 0.346 e. The number of benzene rings is 3. The van der Waals surface area contributed by atoms with Crippen LogP contribution in [0.4, 0.5) is 0 Å². The van der Waals surface area contributed by atoms with E-state index < -0.39 is 0 Å². The minimum absolute atomic E-state index is 0.00198. The van der Waals surface area contributed by atoms with E-state index in [-0.39, 0.29) is 11.9 Å². The van der Waals surface area contributed by atoms with Crippen molar-refractivity contribution in [2.45, 2.75) is 32.9 Å². The number of carbonyl (C=O) groups is 1. The molecule has 1 amide bonds. The molecule has 4 rings (SSSR count). The molecule has 0 bridgehead atoms. The number of carbonyl (C=O) groups excluding carboxylic acids is 1. The molecule has 30 heavy (non-hydrogen) atoms. The lowest BCUT2D eigenvalue weighted by Crippen LogP contribution is -2.30. The second-order valence-electron chi connectivity index (χ2n) is 7.57. The van der Waals surface area contributed by atoms with Crippen molar-refractivity contribution >= 4 is 32.9 Å². The van der Waals surface area contributed by atoms with Crippen LogP contribution in [0.25, 0.3) is 11.0 Å². The first-order valence-corrected chi connectivity index (χ1v) is 10.8. The molecule has 0 saturated carbocycles. The molecule has 1 N–H and O–H groups in total. The highest BCUT2D eigenvalue weighted by Gasteiger charge is 2.19. The predicted molar refractivity (Wildman–Crippen MR) is 124 cm³/mol. The smallest absolute Gasteiger partial charge is 0.225 e. The second kappa shape index (κ2) is 8.84. The molecule has 0 aliphatic carbocycles. The summed E-state index contributed by atoms with van der Waals surface area (Å²) in [6.07, 6.45) is 0.364. The molecule has 1 aromatic heterocycles. The standard InChI is InChI=1S/C25H24BrN3O/c1-17-8-3-4-10-20(17)15-24(30)27-18(2)25-28-22-12-5-6-13-23(22)29(25)16-19-9-7-11-21(26)14-19/h3-14,18H,15-16H2,1-2H3,(H,27,30). The Balaban J connectivity index is 1.61. The number of nitrogens with one attached hydrogen (secondary N) is 1. The van der Waals surface area contributed by atoms with Gasteiger partial charge < -0.3 is 9.88 Å². The van der Waals surface area contributed by atoms with Gasteiger partial charge in [-0.15, -0.1) is 0 Å². The molecular formula is C25H24BrN3O. The number of aromatic nitrogens is 2. The molecule has 152 valence electrons. The number of nitrogens with zero attached hydrogens (tertiary/aromatic N) is 2. The Bertz CT molecular complexity index is 1200. The van der Waals surface area contributed by atoms with E-state index in [1.54, 1.807) is 0 Å². The zero-order chi connectivity index (χ0) is 21.1. The van der Waals surface area contributed by atoms with Crippen molar-refractivity contribution in [3.8, 4) is 0 Å². The third kappa shape index (κ3) is 4.46. The van der Waals surface area contributed by atoms with Gasteiger partial charge in [-0.05, 0) is 54.8 Å². The molecule has 0 saturated heterocycles. The number of amides is 1. The Kier molecular flexibility index (Phi) is 6.00. The average molecular weight is 462 g/mol. The van der Waals surface area contributed by atoms with E-state index in [2.05, 4.69) is 44.0 Å². The topological polar surface area (TPSA) is 46.9 Å². The van der Waals surface area contributed by atoms with E-state index in [1.807, 2.05) is 68.4 Å². The molecule has 1 atom stereocenters. The Morgan fingerprint density at radius 1 is 1.07 bits per heavy atom. The molecular weight excluding hydrogens is 438 g/mol. The Morgan fingerprint density at radius 2 is 1.83 bits per heavy atom. The van der Waals surface area contributed by atoms with Crippen LogP contribution in [-0.2, 0) is 17.8 Å². The fourth-order valence-corrected chi connectivity index (χ4v) is 4.19. The molecule has 4 aromatic rings. The third-order valence-electron chi connectivity index (χ3n) is 5.29. The molecule has 3 aromatic carbocycles. The monoisotopic (exact) mass is 461 g/mol. The summed E-state index contributed by atoms with van der Waals surface area (Å²) < 4.78 is 3.24. The van der Waals surface area contributed by atoms with Crippen LogP contribution >= 0.6 is 15.9 Å². The van der Waals surface area contributed by atoms with Gasteiger partial charge in [-0.25, -0.2) is 4.98 Å². The van der Waals surface area contributed by atoms with Crippen molar-refractivity contribution in [1.82, 2.24) is 14.9 Å². The highest BCUT2D eigenvalue weighted by Crippen LogP contribution is 2.23. The minimum atomic E-state index is -0.207. The number of halogens is 1. The van der Waals surface area contributed by atoms with Crippen LogP contribution in [0, 0.1) is 6.92 Å². The van der Waals surface area contributed by atoms with Gasteiger partial charge in [-0.1, -0.05) is 64.5 Å². The number of imidazole rings is 1. The quantitative estimate of drug-likeness (QED) is 0.407. The van der Waals surface area contributed by atoms with Crippen LogP contribution in [0.5, 0.6) is 0 Å². The van der Waals surface area contributed by atoms with E-state index in [4.69, 9.17) is 4.98 Å². The third-order valence-corrected chi connectivity index (χ3v) is 5.78. The van der Waals surface area contributed by atoms with E-state index in [9.17, 15) is 4.79 Å². The fraction of sp³-hybridized carbons (Fsp3) is 0.200. The van der Waals surface area contributed by atoms with Crippen molar-refractivity contribution in [2.24, 2.45) is 0 Å². The van der Waals surface area contributed by atoms with Gasteiger partial charge in [0.25, 0.3) is 0 Å². The summed E-state index contributed by atoms with van der Waals surface area (Å²) >= 11 is 3.55. The molecule has 0 aliphatic heterocycles. The summed E-state index contributed by atoms with van der Waals surface area (Å²) in [5, 5.41) is 3.14. The molecule has 0 spiro atoms. The number of para-hydroxylation sites is 2. The summed E-state index contributed by atoms with van der Waals surface area (Å²) in [7, 11) is 0. The van der Waals surface area contributed by atoms with Gasteiger partial charge in [-0.3, -0.25) is 4.79 Å². The summed E-state index contributed by atoms with van der Waals surface area (Å²) in [5.41, 5.74) is 5.34. The van der Waals surface area contributed by atoms with Gasteiger partial charge in [0, 0.05) is 11.0 Å². The Morgan fingerprint density at radius 3 is 2.63 bits per heavy atom. The SMILES string of the molecule is Cc1ccccc1CC(=O)NC(C)c1nc2ccccc2n1Cc1cccc(Br)c1. The van der Waals surface area contributed by atoms with Crippen molar-refractivity contribution in [3.05, 3.63) is 99.8 Å². The predicted octanol–water partition coefficient (Wildman–Crippen LogP) is 5.58. The van der Waals surface area contributed by atoms with Gasteiger partial charge in [0.1, 0.15) is 5.82 Å². The van der Waals surface area contributed by atoms with Gasteiger partial charge in [0.15, 0.2) is 0 Å². The van der Waals surface area contributed by atoms with E-state index in [0.717, 1.165) is 32.5 Å². The molecule has 4 nitrogen and oxygen atoms in total. The molecule has 0 aliphatic rings. The number of rotatable bonds is 6. The van der Waals surface area contributed by atoms with Crippen molar-refractivity contribution in [1.29, 1.82) is 0 Å². The van der Waals surface area contributed by atoms with Crippen LogP contribution < -0.4 is 5.32 Å². The molecule has 1 unspecified atom stereocenters. The van der Waals surface area contributed by atoms with Gasteiger partial charge in [0.2, 0.25) is 5.91 Å². The zero-order valence-corrected chi connectivity index (χ0v) is 18.7. The number of fused-ring (bicyclic) bond motifs is 1. The lowest BCUT2D eigenvalue weighted by Gasteiger charge is -2.17. The molecule has 1 heterocycles. The van der Waals surface area contributed by atoms with Crippen molar-refractivity contribution in [2.75, 3.05) is 0 Å². The average Bonchev–Trinajstić information content (AvgIpc) is 3.08. The summed E-state index contributed by atoms with van der Waals surface area (Å²) in [6, 6.07) is 24.1. The lowest BCUT2D eigenvalue weighted by molar-refractivity contribution is -0.121. The minimum Gasteiger partial charge on any atom is -0.346 e. The normalized spacial score (nSPS) is 12.1.